The maximum Gasteiger partial charge on any atom is 0.255 e. The summed E-state index contributed by atoms with van der Waals surface area (Å²) in [5.74, 6) is 0.498. The van der Waals surface area contributed by atoms with Crippen LogP contribution in [0.5, 0.6) is 5.75 Å². The summed E-state index contributed by atoms with van der Waals surface area (Å²) in [6.45, 7) is 7.99. The third kappa shape index (κ3) is 4.24. The predicted molar refractivity (Wildman–Crippen MR) is 116 cm³/mol. The minimum atomic E-state index is 0.0570. The fourth-order valence-electron chi connectivity index (χ4n) is 5.32. The fraction of sp³-hybridized carbons (Fsp3) is 0.478. The highest BCUT2D eigenvalue weighted by Crippen LogP contribution is 2.52. The van der Waals surface area contributed by atoms with Crippen LogP contribution in [0.2, 0.25) is 10.0 Å². The molecule has 2 atom stereocenters. The van der Waals surface area contributed by atoms with E-state index in [9.17, 15) is 4.79 Å². The van der Waals surface area contributed by atoms with Gasteiger partial charge in [-0.3, -0.25) is 9.78 Å². The van der Waals surface area contributed by atoms with E-state index in [0.29, 0.717) is 27.4 Å². The SMILES string of the molecule is CC1(C)C[C@H]2C[C@](C)(CN2C(=O)c2cncc(COc3c(Cl)cccc3Cl)c2)C1. The number of nitrogens with zero attached hydrogens (tertiary/aromatic N) is 2. The number of pyridine rings is 1. The Balaban J connectivity index is 1.50. The van der Waals surface area contributed by atoms with Crippen molar-refractivity contribution in [2.45, 2.75) is 52.7 Å². The summed E-state index contributed by atoms with van der Waals surface area (Å²) in [6.07, 6.45) is 6.64. The van der Waals surface area contributed by atoms with Crippen molar-refractivity contribution in [1.29, 1.82) is 0 Å². The zero-order valence-electron chi connectivity index (χ0n) is 17.0. The van der Waals surface area contributed by atoms with Crippen molar-refractivity contribution in [3.05, 3.63) is 57.8 Å². The van der Waals surface area contributed by atoms with E-state index < -0.39 is 0 Å². The molecule has 0 N–H and O–H groups in total. The Hall–Kier alpha value is -1.78. The molecule has 0 radical (unpaired) electrons. The molecule has 1 saturated carbocycles. The van der Waals surface area contributed by atoms with E-state index in [1.165, 1.54) is 0 Å². The number of amides is 1. The van der Waals surface area contributed by atoms with Crippen molar-refractivity contribution >= 4 is 29.1 Å². The summed E-state index contributed by atoms with van der Waals surface area (Å²) in [6, 6.07) is 7.39. The highest BCUT2D eigenvalue weighted by molar-refractivity contribution is 6.37. The Morgan fingerprint density at radius 1 is 1.21 bits per heavy atom. The Kier molecular flexibility index (Phi) is 5.28. The number of rotatable bonds is 4. The number of carbonyl (C=O) groups excluding carboxylic acids is 1. The second-order valence-corrected chi connectivity index (χ2v) is 10.4. The lowest BCUT2D eigenvalue weighted by Crippen LogP contribution is -2.37. The number of para-hydroxylation sites is 1. The summed E-state index contributed by atoms with van der Waals surface area (Å²) in [5.41, 5.74) is 1.89. The standard InChI is InChI=1S/C23H26Cl2N2O2/c1-22(2)8-17-9-23(3,13-22)14-27(17)21(28)16-7-15(10-26-11-16)12-29-20-18(24)5-4-6-19(20)25/h4-7,10-11,17H,8-9,12-14H2,1-3H3/t17-,23-/m0/s1. The monoisotopic (exact) mass is 432 g/mol. The summed E-state index contributed by atoms with van der Waals surface area (Å²) in [7, 11) is 0. The van der Waals surface area contributed by atoms with E-state index in [1.807, 2.05) is 6.07 Å². The van der Waals surface area contributed by atoms with Gasteiger partial charge < -0.3 is 9.64 Å². The van der Waals surface area contributed by atoms with Crippen LogP contribution in [0, 0.1) is 10.8 Å². The zero-order valence-corrected chi connectivity index (χ0v) is 18.6. The molecule has 29 heavy (non-hydrogen) atoms. The van der Waals surface area contributed by atoms with Crippen molar-refractivity contribution in [3.8, 4) is 5.75 Å². The molecule has 2 fully saturated rings. The van der Waals surface area contributed by atoms with E-state index in [2.05, 4.69) is 30.7 Å². The lowest BCUT2D eigenvalue weighted by atomic mass is 9.65. The van der Waals surface area contributed by atoms with Crippen LogP contribution in [-0.2, 0) is 6.61 Å². The number of hydrogen-bond donors (Lipinski definition) is 0. The number of carbonyl (C=O) groups is 1. The van der Waals surface area contributed by atoms with Crippen LogP contribution in [-0.4, -0.2) is 28.4 Å². The van der Waals surface area contributed by atoms with Gasteiger partial charge in [0.15, 0.2) is 5.75 Å². The Labute approximate surface area is 182 Å². The quantitative estimate of drug-likeness (QED) is 0.593. The van der Waals surface area contributed by atoms with Gasteiger partial charge in [0.05, 0.1) is 15.6 Å². The number of hydrogen-bond acceptors (Lipinski definition) is 3. The van der Waals surface area contributed by atoms with Crippen LogP contribution in [0.15, 0.2) is 36.7 Å². The Bertz CT molecular complexity index is 926. The lowest BCUT2D eigenvalue weighted by Gasteiger charge is -2.39. The summed E-state index contributed by atoms with van der Waals surface area (Å²) in [5, 5.41) is 0.913. The van der Waals surface area contributed by atoms with Gasteiger partial charge >= 0.3 is 0 Å². The summed E-state index contributed by atoms with van der Waals surface area (Å²) in [4.78, 5) is 19.6. The van der Waals surface area contributed by atoms with Gasteiger partial charge in [0.25, 0.3) is 5.91 Å². The van der Waals surface area contributed by atoms with Crippen LogP contribution in [0.4, 0.5) is 0 Å². The smallest absolute Gasteiger partial charge is 0.255 e. The summed E-state index contributed by atoms with van der Waals surface area (Å²) < 4.78 is 5.80. The number of likely N-dealkylation sites (tertiary alicyclic amines) is 1. The molecule has 1 saturated heterocycles. The van der Waals surface area contributed by atoms with Crippen LogP contribution in [0.1, 0.15) is 56.0 Å². The molecule has 2 bridgehead atoms. The Morgan fingerprint density at radius 2 is 1.93 bits per heavy atom. The zero-order chi connectivity index (χ0) is 20.8. The third-order valence-electron chi connectivity index (χ3n) is 6.02. The number of aromatic nitrogens is 1. The number of benzene rings is 1. The van der Waals surface area contributed by atoms with E-state index in [-0.39, 0.29) is 23.3 Å². The maximum absolute atomic E-state index is 13.3. The van der Waals surface area contributed by atoms with E-state index in [1.54, 1.807) is 30.6 Å². The molecule has 1 aliphatic carbocycles. The van der Waals surface area contributed by atoms with Crippen molar-refractivity contribution in [2.75, 3.05) is 6.54 Å². The molecule has 4 rings (SSSR count). The number of fused-ring (bicyclic) bond motifs is 2. The van der Waals surface area contributed by atoms with Gasteiger partial charge in [0.1, 0.15) is 6.61 Å². The molecular formula is C23H26Cl2N2O2. The van der Waals surface area contributed by atoms with Crippen LogP contribution < -0.4 is 4.74 Å². The third-order valence-corrected chi connectivity index (χ3v) is 6.61. The van der Waals surface area contributed by atoms with Crippen LogP contribution in [0.3, 0.4) is 0 Å². The molecule has 2 heterocycles. The van der Waals surface area contributed by atoms with Gasteiger partial charge in [-0.05, 0) is 48.3 Å². The molecular weight excluding hydrogens is 407 g/mol. The molecule has 0 unspecified atom stereocenters. The van der Waals surface area contributed by atoms with Gasteiger partial charge in [-0.1, -0.05) is 50.0 Å². The average molecular weight is 433 g/mol. The normalized spacial score (nSPS) is 25.1. The molecule has 2 aromatic rings. The molecule has 2 aliphatic rings. The van der Waals surface area contributed by atoms with Gasteiger partial charge in [0, 0.05) is 30.5 Å². The van der Waals surface area contributed by atoms with Crippen molar-refractivity contribution in [2.24, 2.45) is 10.8 Å². The lowest BCUT2D eigenvalue weighted by molar-refractivity contribution is 0.0707. The molecule has 6 heteroatoms. The molecule has 1 aliphatic heterocycles. The molecule has 154 valence electrons. The largest absolute Gasteiger partial charge is 0.486 e. The molecule has 0 spiro atoms. The van der Waals surface area contributed by atoms with Crippen LogP contribution >= 0.6 is 23.2 Å². The first-order valence-electron chi connectivity index (χ1n) is 9.98. The molecule has 1 aromatic carbocycles. The van der Waals surface area contributed by atoms with Crippen LogP contribution in [0.25, 0.3) is 0 Å². The highest BCUT2D eigenvalue weighted by atomic mass is 35.5. The second kappa shape index (κ2) is 7.48. The second-order valence-electron chi connectivity index (χ2n) is 9.57. The van der Waals surface area contributed by atoms with Crippen molar-refractivity contribution in [3.63, 3.8) is 0 Å². The number of ether oxygens (including phenoxy) is 1. The first-order chi connectivity index (χ1) is 13.7. The van der Waals surface area contributed by atoms with E-state index >= 15 is 0 Å². The van der Waals surface area contributed by atoms with Crippen molar-refractivity contribution < 1.29 is 9.53 Å². The van der Waals surface area contributed by atoms with E-state index in [0.717, 1.165) is 31.4 Å². The van der Waals surface area contributed by atoms with Gasteiger partial charge in [-0.2, -0.15) is 0 Å². The molecule has 4 nitrogen and oxygen atoms in total. The predicted octanol–water partition coefficient (Wildman–Crippen LogP) is 6.01. The topological polar surface area (TPSA) is 42.4 Å². The molecule has 1 amide bonds. The average Bonchev–Trinajstić information content (AvgIpc) is 2.89. The first kappa shape index (κ1) is 20.5. The number of halogens is 2. The van der Waals surface area contributed by atoms with Gasteiger partial charge in [-0.15, -0.1) is 0 Å². The van der Waals surface area contributed by atoms with Gasteiger partial charge in [-0.25, -0.2) is 0 Å². The first-order valence-corrected chi connectivity index (χ1v) is 10.7. The Morgan fingerprint density at radius 3 is 2.66 bits per heavy atom. The van der Waals surface area contributed by atoms with Gasteiger partial charge in [0.2, 0.25) is 0 Å². The minimum absolute atomic E-state index is 0.0570. The maximum atomic E-state index is 13.3. The molecule has 1 aromatic heterocycles. The van der Waals surface area contributed by atoms with Crippen molar-refractivity contribution in [1.82, 2.24) is 9.88 Å². The summed E-state index contributed by atoms with van der Waals surface area (Å²) >= 11 is 12.3. The minimum Gasteiger partial charge on any atom is -0.486 e. The highest BCUT2D eigenvalue weighted by Gasteiger charge is 2.51. The van der Waals surface area contributed by atoms with E-state index in [4.69, 9.17) is 27.9 Å². The fourth-order valence-corrected chi connectivity index (χ4v) is 5.83.